The molecule has 2 aliphatic heterocycles. The fourth-order valence-corrected chi connectivity index (χ4v) is 5.41. The number of ether oxygens (including phenoxy) is 1. The van der Waals surface area contributed by atoms with Crippen LogP contribution in [0, 0.1) is 5.92 Å². The van der Waals surface area contributed by atoms with Crippen LogP contribution in [0.15, 0.2) is 24.3 Å². The third kappa shape index (κ3) is 3.01. The summed E-state index contributed by atoms with van der Waals surface area (Å²) >= 11 is 1.74. The number of nitrogens with one attached hydrogen (secondary N) is 1. The van der Waals surface area contributed by atoms with Crippen LogP contribution in [0.25, 0.3) is 0 Å². The van der Waals surface area contributed by atoms with Crippen molar-refractivity contribution in [1.29, 1.82) is 0 Å². The van der Waals surface area contributed by atoms with Crippen molar-refractivity contribution in [3.63, 3.8) is 0 Å². The Morgan fingerprint density at radius 3 is 2.72 bits per heavy atom. The number of hydrogen-bond acceptors (Lipinski definition) is 4. The summed E-state index contributed by atoms with van der Waals surface area (Å²) < 4.78 is 5.22. The van der Waals surface area contributed by atoms with Crippen molar-refractivity contribution in [2.75, 3.05) is 12.9 Å². The molecule has 1 saturated carbocycles. The summed E-state index contributed by atoms with van der Waals surface area (Å²) in [6.07, 6.45) is 3.66. The van der Waals surface area contributed by atoms with E-state index < -0.39 is 0 Å². The second kappa shape index (κ2) is 6.24. The number of carbonyl (C=O) groups excluding carboxylic acids is 2. The first-order valence-corrected chi connectivity index (χ1v) is 9.91. The molecule has 4 rings (SSSR count). The molecule has 3 atom stereocenters. The number of benzene rings is 1. The van der Waals surface area contributed by atoms with Crippen LogP contribution in [0.5, 0.6) is 5.75 Å². The Morgan fingerprint density at radius 1 is 1.36 bits per heavy atom. The topological polar surface area (TPSA) is 58.6 Å². The number of fused-ring (bicyclic) bond motifs is 1. The molecule has 6 heteroatoms. The van der Waals surface area contributed by atoms with Gasteiger partial charge in [0.1, 0.15) is 11.8 Å². The summed E-state index contributed by atoms with van der Waals surface area (Å²) in [7, 11) is 1.65. The van der Waals surface area contributed by atoms with Gasteiger partial charge in [-0.05, 0) is 49.8 Å². The van der Waals surface area contributed by atoms with Crippen LogP contribution in [0.2, 0.25) is 0 Å². The normalized spacial score (nSPS) is 29.4. The predicted octanol–water partition coefficient (Wildman–Crippen LogP) is 2.72. The number of thioether (sulfide) groups is 1. The van der Waals surface area contributed by atoms with Gasteiger partial charge in [-0.2, -0.15) is 0 Å². The van der Waals surface area contributed by atoms with Crippen molar-refractivity contribution in [3.8, 4) is 5.75 Å². The zero-order valence-corrected chi connectivity index (χ0v) is 15.5. The lowest BCUT2D eigenvalue weighted by molar-refractivity contribution is -0.138. The van der Waals surface area contributed by atoms with E-state index in [1.54, 1.807) is 18.9 Å². The first-order valence-electron chi connectivity index (χ1n) is 8.92. The fourth-order valence-electron chi connectivity index (χ4n) is 3.98. The average molecular weight is 360 g/mol. The van der Waals surface area contributed by atoms with Crippen molar-refractivity contribution in [3.05, 3.63) is 29.8 Å². The summed E-state index contributed by atoms with van der Waals surface area (Å²) in [5.74, 6) is 2.09. The van der Waals surface area contributed by atoms with Gasteiger partial charge in [0.2, 0.25) is 11.8 Å². The van der Waals surface area contributed by atoms with Gasteiger partial charge in [0, 0.05) is 12.2 Å². The highest BCUT2D eigenvalue weighted by Gasteiger charge is 2.53. The predicted molar refractivity (Wildman–Crippen MR) is 97.3 cm³/mol. The molecular formula is C19H24N2O3S. The maximum Gasteiger partial charge on any atom is 0.244 e. The molecule has 3 fully saturated rings. The number of hydrogen-bond donors (Lipinski definition) is 1. The Kier molecular flexibility index (Phi) is 4.18. The van der Waals surface area contributed by atoms with Gasteiger partial charge >= 0.3 is 0 Å². The second-order valence-corrected chi connectivity index (χ2v) is 8.86. The van der Waals surface area contributed by atoms with Crippen molar-refractivity contribution < 1.29 is 14.3 Å². The molecule has 1 aromatic rings. The highest BCUT2D eigenvalue weighted by molar-refractivity contribution is 8.01. The van der Waals surface area contributed by atoms with E-state index in [2.05, 4.69) is 12.2 Å². The number of amides is 2. The van der Waals surface area contributed by atoms with Crippen molar-refractivity contribution in [2.45, 2.75) is 49.6 Å². The standard InChI is InChI=1S/C19H24N2O3S/c1-19-10-9-16(22)21(19)15(11-25-19)18(23)20-17(12-3-4-12)13-5-7-14(24-2)8-6-13/h5-8,12,15,17H,3-4,9-11H2,1-2H3,(H,20,23)/t15-,17-,19+/m1/s1. The number of carbonyl (C=O) groups is 2. The van der Waals surface area contributed by atoms with Crippen LogP contribution in [0.3, 0.4) is 0 Å². The van der Waals surface area contributed by atoms with Crippen molar-refractivity contribution >= 4 is 23.6 Å². The Hall–Kier alpha value is -1.69. The SMILES string of the molecule is COc1ccc([C@H](NC(=O)[C@H]2CS[C@@]3(C)CCC(=O)N23)C2CC2)cc1. The second-order valence-electron chi connectivity index (χ2n) is 7.36. The lowest BCUT2D eigenvalue weighted by atomic mass is 10.0. The third-order valence-corrected chi connectivity index (χ3v) is 7.12. The summed E-state index contributed by atoms with van der Waals surface area (Å²) in [5, 5.41) is 3.24. The zero-order chi connectivity index (χ0) is 17.6. The van der Waals surface area contributed by atoms with Crippen LogP contribution in [-0.4, -0.2) is 40.5 Å². The maximum atomic E-state index is 13.0. The van der Waals surface area contributed by atoms with Crippen LogP contribution < -0.4 is 10.1 Å². The van der Waals surface area contributed by atoms with Gasteiger partial charge < -0.3 is 15.0 Å². The molecule has 134 valence electrons. The van der Waals surface area contributed by atoms with E-state index in [1.165, 1.54) is 0 Å². The van der Waals surface area contributed by atoms with E-state index >= 15 is 0 Å². The van der Waals surface area contributed by atoms with Gasteiger partial charge in [0.05, 0.1) is 18.0 Å². The molecule has 0 aromatic heterocycles. The quantitative estimate of drug-likeness (QED) is 0.877. The Morgan fingerprint density at radius 2 is 2.08 bits per heavy atom. The number of rotatable bonds is 5. The van der Waals surface area contributed by atoms with E-state index in [4.69, 9.17) is 4.74 Å². The Balaban J connectivity index is 1.50. The molecular weight excluding hydrogens is 336 g/mol. The van der Waals surface area contributed by atoms with Gasteiger partial charge in [0.25, 0.3) is 0 Å². The molecule has 5 nitrogen and oxygen atoms in total. The molecule has 0 radical (unpaired) electrons. The molecule has 3 aliphatic rings. The molecule has 0 unspecified atom stereocenters. The van der Waals surface area contributed by atoms with Gasteiger partial charge in [-0.15, -0.1) is 11.8 Å². The van der Waals surface area contributed by atoms with Crippen LogP contribution in [0.4, 0.5) is 0 Å². The molecule has 1 aromatic carbocycles. The van der Waals surface area contributed by atoms with Gasteiger partial charge in [0.15, 0.2) is 0 Å². The first kappa shape index (κ1) is 16.8. The monoisotopic (exact) mass is 360 g/mol. The van der Waals surface area contributed by atoms with Crippen molar-refractivity contribution in [1.82, 2.24) is 10.2 Å². The minimum atomic E-state index is -0.343. The van der Waals surface area contributed by atoms with Crippen molar-refractivity contribution in [2.24, 2.45) is 5.92 Å². The van der Waals surface area contributed by atoms with E-state index in [1.807, 2.05) is 29.2 Å². The summed E-state index contributed by atoms with van der Waals surface area (Å²) in [4.78, 5) is 26.9. The smallest absolute Gasteiger partial charge is 0.244 e. The first-order chi connectivity index (χ1) is 12.0. The number of methoxy groups -OCH3 is 1. The third-order valence-electron chi connectivity index (χ3n) is 5.61. The summed E-state index contributed by atoms with van der Waals surface area (Å²) in [6.45, 7) is 2.08. The Labute approximate surface area is 152 Å². The number of nitrogens with zero attached hydrogens (tertiary/aromatic N) is 1. The van der Waals surface area contributed by atoms with Gasteiger partial charge in [-0.3, -0.25) is 9.59 Å². The zero-order valence-electron chi connectivity index (χ0n) is 14.7. The molecule has 25 heavy (non-hydrogen) atoms. The van der Waals surface area contributed by atoms with E-state index in [0.29, 0.717) is 18.1 Å². The van der Waals surface area contributed by atoms with Gasteiger partial charge in [-0.1, -0.05) is 12.1 Å². The summed E-state index contributed by atoms with van der Waals surface area (Å²) in [6, 6.07) is 7.59. The molecule has 0 bridgehead atoms. The molecule has 0 spiro atoms. The van der Waals surface area contributed by atoms with E-state index in [-0.39, 0.29) is 28.8 Å². The Bertz CT molecular complexity index is 688. The molecule has 2 heterocycles. The average Bonchev–Trinajstić information content (AvgIpc) is 3.34. The lowest BCUT2D eigenvalue weighted by Crippen LogP contribution is -2.50. The minimum Gasteiger partial charge on any atom is -0.497 e. The highest BCUT2D eigenvalue weighted by atomic mass is 32.2. The lowest BCUT2D eigenvalue weighted by Gasteiger charge is -2.31. The largest absolute Gasteiger partial charge is 0.497 e. The van der Waals surface area contributed by atoms with Crippen LogP contribution >= 0.6 is 11.8 Å². The molecule has 1 aliphatic carbocycles. The van der Waals surface area contributed by atoms with Gasteiger partial charge in [-0.25, -0.2) is 0 Å². The fraction of sp³-hybridized carbons (Fsp3) is 0.579. The molecule has 2 saturated heterocycles. The van der Waals surface area contributed by atoms with E-state index in [0.717, 1.165) is 30.6 Å². The highest BCUT2D eigenvalue weighted by Crippen LogP contribution is 2.48. The minimum absolute atomic E-state index is 0.0146. The summed E-state index contributed by atoms with van der Waals surface area (Å²) in [5.41, 5.74) is 1.11. The van der Waals surface area contributed by atoms with Crippen LogP contribution in [-0.2, 0) is 9.59 Å². The van der Waals surface area contributed by atoms with E-state index in [9.17, 15) is 9.59 Å². The molecule has 1 N–H and O–H groups in total. The molecule has 2 amide bonds. The van der Waals surface area contributed by atoms with Crippen LogP contribution in [0.1, 0.15) is 44.2 Å². The maximum absolute atomic E-state index is 13.0.